The van der Waals surface area contributed by atoms with Crippen LogP contribution in [0.3, 0.4) is 0 Å². The molecular weight excluding hydrogens is 759 g/mol. The van der Waals surface area contributed by atoms with Crippen molar-refractivity contribution in [3.63, 3.8) is 0 Å². The van der Waals surface area contributed by atoms with E-state index in [1.165, 1.54) is 39.2 Å². The molecular formula is C37H45N11O2S4. The minimum absolute atomic E-state index is 0.328. The number of hydrogen-bond acceptors (Lipinski definition) is 15. The standard InChI is InChI=1S/C19H23N5OS2.C18H22N6OS2/c1-14(15-4-5-18-17(10-15)22-13-26-18)23-6-8-24(9-7-23)19-20-11-16(12-21-19)27(2,3)25;1-13(14-3-4-17-16(9-14)22-12-26-17)23-5-7-24(8-6-23)18-20-10-15(11-21-18)27(2,19)25/h4-5,10-14H,2,6-9H2,1,3H3;3-4,9-13,19H,5-8H2,1-2H3/t14-,27?;13-,27?/m01/s1. The van der Waals surface area contributed by atoms with E-state index in [9.17, 15) is 8.42 Å². The first-order chi connectivity index (χ1) is 25.8. The summed E-state index contributed by atoms with van der Waals surface area (Å²) in [6.07, 6.45) is 9.28. The van der Waals surface area contributed by atoms with E-state index in [4.69, 9.17) is 4.78 Å². The summed E-state index contributed by atoms with van der Waals surface area (Å²) < 4.78 is 33.8. The van der Waals surface area contributed by atoms with Gasteiger partial charge in [-0.25, -0.2) is 38.9 Å². The first-order valence-electron chi connectivity index (χ1n) is 17.7. The zero-order valence-corrected chi connectivity index (χ0v) is 34.1. The SMILES string of the molecule is C=S(C)(=O)c1cnc(N2CCN([C@@H](C)c3ccc4scnc4c3)CC2)nc1.C[C@H](c1ccc2scnc2c1)N1CCN(c2ncc(S(C)(=N)=O)cn2)CC1. The van der Waals surface area contributed by atoms with E-state index in [-0.39, 0.29) is 0 Å². The van der Waals surface area contributed by atoms with E-state index in [0.717, 1.165) is 63.4 Å². The van der Waals surface area contributed by atoms with E-state index in [1.54, 1.807) is 41.3 Å². The van der Waals surface area contributed by atoms with Gasteiger partial charge in [-0.1, -0.05) is 12.1 Å². The van der Waals surface area contributed by atoms with Crippen molar-refractivity contribution >= 4 is 80.1 Å². The van der Waals surface area contributed by atoms with Crippen molar-refractivity contribution in [2.45, 2.75) is 35.7 Å². The molecule has 0 aliphatic carbocycles. The molecule has 0 saturated carbocycles. The first kappa shape index (κ1) is 38.2. The normalized spacial score (nSPS) is 19.1. The smallest absolute Gasteiger partial charge is 0.225 e. The lowest BCUT2D eigenvalue weighted by molar-refractivity contribution is 0.198. The molecule has 8 rings (SSSR count). The van der Waals surface area contributed by atoms with Crippen molar-refractivity contribution in [2.24, 2.45) is 0 Å². The Morgan fingerprint density at radius 2 is 1.02 bits per heavy atom. The molecule has 2 aliphatic rings. The number of rotatable bonds is 8. The Labute approximate surface area is 325 Å². The highest BCUT2D eigenvalue weighted by atomic mass is 32.2. The van der Waals surface area contributed by atoms with Gasteiger partial charge in [-0.15, -0.1) is 22.7 Å². The summed E-state index contributed by atoms with van der Waals surface area (Å²) >= 11 is 3.34. The Morgan fingerprint density at radius 3 is 1.39 bits per heavy atom. The van der Waals surface area contributed by atoms with Crippen LogP contribution in [0.2, 0.25) is 0 Å². The minimum Gasteiger partial charge on any atom is -0.338 e. The molecule has 54 heavy (non-hydrogen) atoms. The van der Waals surface area contributed by atoms with Gasteiger partial charge >= 0.3 is 0 Å². The second-order valence-corrected chi connectivity index (χ2v) is 20.3. The van der Waals surface area contributed by atoms with E-state index < -0.39 is 19.3 Å². The Kier molecular flexibility index (Phi) is 11.2. The fourth-order valence-corrected chi connectivity index (χ4v) is 9.06. The Balaban J connectivity index is 0.000000167. The molecule has 0 bridgehead atoms. The second-order valence-electron chi connectivity index (χ2n) is 13.8. The average Bonchev–Trinajstić information content (AvgIpc) is 3.86. The van der Waals surface area contributed by atoms with Crippen molar-refractivity contribution < 1.29 is 8.42 Å². The average molecular weight is 804 g/mol. The lowest BCUT2D eigenvalue weighted by atomic mass is 10.1. The van der Waals surface area contributed by atoms with Gasteiger partial charge in [-0.05, 0) is 64.6 Å². The van der Waals surface area contributed by atoms with Gasteiger partial charge < -0.3 is 9.80 Å². The predicted molar refractivity (Wildman–Crippen MR) is 222 cm³/mol. The fraction of sp³-hybridized carbons (Fsp3) is 0.378. The lowest BCUT2D eigenvalue weighted by Gasteiger charge is -2.38. The number of piperazine rings is 2. The van der Waals surface area contributed by atoms with Gasteiger partial charge in [0, 0.05) is 102 Å². The molecule has 4 atom stereocenters. The van der Waals surface area contributed by atoms with Crippen LogP contribution in [-0.2, 0) is 19.3 Å². The van der Waals surface area contributed by atoms with Crippen LogP contribution in [-0.4, -0.2) is 119 Å². The molecule has 2 unspecified atom stereocenters. The van der Waals surface area contributed by atoms with Crippen LogP contribution < -0.4 is 9.80 Å². The number of nitrogens with one attached hydrogen (secondary N) is 1. The highest BCUT2D eigenvalue weighted by Gasteiger charge is 2.25. The van der Waals surface area contributed by atoms with Crippen LogP contribution >= 0.6 is 22.7 Å². The summed E-state index contributed by atoms with van der Waals surface area (Å²) in [6, 6.07) is 13.8. The number of thiazole rings is 2. The molecule has 2 aromatic carbocycles. The molecule has 6 heterocycles. The molecule has 0 amide bonds. The third-order valence-electron chi connectivity index (χ3n) is 10.1. The van der Waals surface area contributed by atoms with E-state index >= 15 is 0 Å². The van der Waals surface area contributed by atoms with Crippen LogP contribution in [0.15, 0.2) is 82.0 Å². The maximum Gasteiger partial charge on any atom is 0.225 e. The molecule has 17 heteroatoms. The Bertz CT molecular complexity index is 2250. The fourth-order valence-electron chi connectivity index (χ4n) is 6.68. The molecule has 13 nitrogen and oxygen atoms in total. The van der Waals surface area contributed by atoms with Gasteiger partial charge in [-0.3, -0.25) is 14.0 Å². The topological polar surface area (TPSA) is 148 Å². The van der Waals surface area contributed by atoms with Gasteiger partial charge in [0.2, 0.25) is 11.9 Å². The maximum absolute atomic E-state index is 12.0. The van der Waals surface area contributed by atoms with Gasteiger partial charge in [0.15, 0.2) is 0 Å². The summed E-state index contributed by atoms with van der Waals surface area (Å²) in [6.45, 7) is 11.6. The zero-order valence-electron chi connectivity index (χ0n) is 30.9. The summed E-state index contributed by atoms with van der Waals surface area (Å²) in [5, 5.41) is 0. The quantitative estimate of drug-likeness (QED) is 0.189. The largest absolute Gasteiger partial charge is 0.338 e. The molecule has 2 fully saturated rings. The van der Waals surface area contributed by atoms with E-state index in [1.807, 2.05) is 11.0 Å². The molecule has 4 aromatic heterocycles. The number of benzene rings is 2. The molecule has 6 aromatic rings. The van der Waals surface area contributed by atoms with Crippen molar-refractivity contribution in [1.29, 1.82) is 4.78 Å². The van der Waals surface area contributed by atoms with Gasteiger partial charge in [0.25, 0.3) is 0 Å². The third-order valence-corrected chi connectivity index (χ3v) is 14.1. The third kappa shape index (κ3) is 8.71. The highest BCUT2D eigenvalue weighted by molar-refractivity contribution is 7.99. The summed E-state index contributed by atoms with van der Waals surface area (Å²) in [5.41, 5.74) is 8.52. The molecule has 2 aliphatic heterocycles. The van der Waals surface area contributed by atoms with Crippen LogP contribution in [0.1, 0.15) is 37.1 Å². The number of anilines is 2. The van der Waals surface area contributed by atoms with Crippen molar-refractivity contribution in [1.82, 2.24) is 39.7 Å². The predicted octanol–water partition coefficient (Wildman–Crippen LogP) is 5.68. The summed E-state index contributed by atoms with van der Waals surface area (Å²) in [7, 11) is -5.04. The number of nitrogens with zero attached hydrogens (tertiary/aromatic N) is 10. The molecule has 2 saturated heterocycles. The van der Waals surface area contributed by atoms with Crippen molar-refractivity contribution in [3.8, 4) is 0 Å². The van der Waals surface area contributed by atoms with Gasteiger partial charge in [-0.2, -0.15) is 0 Å². The van der Waals surface area contributed by atoms with Gasteiger partial charge in [0.05, 0.1) is 51.0 Å². The summed E-state index contributed by atoms with van der Waals surface area (Å²) in [5.74, 6) is 5.01. The van der Waals surface area contributed by atoms with Gasteiger partial charge in [0.1, 0.15) is 0 Å². The zero-order chi connectivity index (χ0) is 38.0. The Hall–Kier alpha value is -4.13. The minimum atomic E-state index is -2.77. The molecule has 1 N–H and O–H groups in total. The van der Waals surface area contributed by atoms with Crippen LogP contribution in [0.4, 0.5) is 11.9 Å². The van der Waals surface area contributed by atoms with Crippen molar-refractivity contribution in [3.05, 3.63) is 83.3 Å². The monoisotopic (exact) mass is 803 g/mol. The molecule has 0 radical (unpaired) electrons. The van der Waals surface area contributed by atoms with E-state index in [0.29, 0.717) is 33.8 Å². The Morgan fingerprint density at radius 1 is 0.630 bits per heavy atom. The molecule has 284 valence electrons. The number of fused-ring (bicyclic) bond motifs is 2. The van der Waals surface area contributed by atoms with Crippen LogP contribution in [0.25, 0.3) is 20.4 Å². The first-order valence-corrected chi connectivity index (χ1v) is 23.5. The van der Waals surface area contributed by atoms with E-state index in [2.05, 4.69) is 106 Å². The summed E-state index contributed by atoms with van der Waals surface area (Å²) in [4.78, 5) is 36.5. The highest BCUT2D eigenvalue weighted by Crippen LogP contribution is 2.29. The number of aromatic nitrogens is 6. The number of hydrogen-bond donors (Lipinski definition) is 1. The van der Waals surface area contributed by atoms with Crippen LogP contribution in [0.5, 0.6) is 0 Å². The molecule has 0 spiro atoms. The lowest BCUT2D eigenvalue weighted by Crippen LogP contribution is -2.47. The second kappa shape index (κ2) is 15.9. The van der Waals surface area contributed by atoms with Crippen molar-refractivity contribution in [2.75, 3.05) is 74.7 Å². The maximum atomic E-state index is 12.0. The van der Waals surface area contributed by atoms with Crippen LogP contribution in [0, 0.1) is 4.78 Å².